The number of allylic oxidation sites excluding steroid dienone is 2. The van der Waals surface area contributed by atoms with Crippen LogP contribution in [0.2, 0.25) is 0 Å². The third-order valence-electron chi connectivity index (χ3n) is 1.73. The van der Waals surface area contributed by atoms with Gasteiger partial charge in [-0.05, 0) is 39.2 Å². The van der Waals surface area contributed by atoms with Gasteiger partial charge in [-0.25, -0.2) is 0 Å². The summed E-state index contributed by atoms with van der Waals surface area (Å²) in [6.07, 6.45) is 9.13. The fourth-order valence-electron chi connectivity index (χ4n) is 1.08. The molecule has 2 nitrogen and oxygen atoms in total. The zero-order valence-electron chi connectivity index (χ0n) is 9.37. The lowest BCUT2D eigenvalue weighted by atomic mass is 10.2. The lowest BCUT2D eigenvalue weighted by molar-refractivity contribution is -0.104. The zero-order chi connectivity index (χ0) is 10.6. The van der Waals surface area contributed by atoms with Crippen molar-refractivity contribution < 1.29 is 9.47 Å². The first-order valence-electron chi connectivity index (χ1n) is 5.35. The number of hydrogen-bond donors (Lipinski definition) is 0. The first kappa shape index (κ1) is 13.4. The maximum Gasteiger partial charge on any atom is 0.176 e. The monoisotopic (exact) mass is 198 g/mol. The molecular weight excluding hydrogens is 176 g/mol. The van der Waals surface area contributed by atoms with Crippen LogP contribution in [0.15, 0.2) is 24.8 Å². The molecule has 0 N–H and O–H groups in total. The molecule has 0 aromatic rings. The van der Waals surface area contributed by atoms with E-state index < -0.39 is 0 Å². The predicted molar refractivity (Wildman–Crippen MR) is 60.2 cm³/mol. The number of hydrogen-bond acceptors (Lipinski definition) is 2. The largest absolute Gasteiger partial charge is 0.349 e. The van der Waals surface area contributed by atoms with Crippen molar-refractivity contribution in [1.82, 2.24) is 0 Å². The van der Waals surface area contributed by atoms with Gasteiger partial charge in [-0.1, -0.05) is 12.2 Å². The fraction of sp³-hybridized carbons (Fsp3) is 0.667. The highest BCUT2D eigenvalue weighted by molar-refractivity contribution is 4.85. The molecular formula is C12H22O2. The summed E-state index contributed by atoms with van der Waals surface area (Å²) in [4.78, 5) is 0. The molecule has 0 saturated heterocycles. The van der Waals surface area contributed by atoms with E-state index in [0.717, 1.165) is 19.3 Å². The molecule has 0 saturated carbocycles. The normalized spacial score (nSPS) is 11.4. The van der Waals surface area contributed by atoms with Gasteiger partial charge in [0, 0.05) is 13.2 Å². The quantitative estimate of drug-likeness (QED) is 0.321. The van der Waals surface area contributed by atoms with Gasteiger partial charge in [0.15, 0.2) is 6.29 Å². The van der Waals surface area contributed by atoms with Gasteiger partial charge in [0.1, 0.15) is 0 Å². The Hall–Kier alpha value is -0.600. The van der Waals surface area contributed by atoms with Crippen LogP contribution in [0, 0.1) is 0 Å². The smallest absolute Gasteiger partial charge is 0.176 e. The molecule has 0 unspecified atom stereocenters. The van der Waals surface area contributed by atoms with Crippen LogP contribution in [0.5, 0.6) is 0 Å². The van der Waals surface area contributed by atoms with Gasteiger partial charge in [-0.15, -0.1) is 6.58 Å². The van der Waals surface area contributed by atoms with E-state index in [-0.39, 0.29) is 6.29 Å². The van der Waals surface area contributed by atoms with Crippen LogP contribution < -0.4 is 0 Å². The Balaban J connectivity index is 3.59. The average molecular weight is 198 g/mol. The Morgan fingerprint density at radius 2 is 1.79 bits per heavy atom. The summed E-state index contributed by atoms with van der Waals surface area (Å²) in [7, 11) is 0. The maximum atomic E-state index is 5.36. The van der Waals surface area contributed by atoms with E-state index in [1.54, 1.807) is 0 Å². The van der Waals surface area contributed by atoms with Crippen molar-refractivity contribution in [2.24, 2.45) is 0 Å². The van der Waals surface area contributed by atoms with Crippen LogP contribution in [0.3, 0.4) is 0 Å². The van der Waals surface area contributed by atoms with Crippen molar-refractivity contribution in [2.45, 2.75) is 39.4 Å². The van der Waals surface area contributed by atoms with E-state index in [0.29, 0.717) is 13.2 Å². The molecule has 0 fully saturated rings. The van der Waals surface area contributed by atoms with Crippen LogP contribution in [0.4, 0.5) is 0 Å². The molecule has 0 bridgehead atoms. The minimum atomic E-state index is -0.172. The molecule has 0 rings (SSSR count). The van der Waals surface area contributed by atoms with Crippen LogP contribution in [0.25, 0.3) is 0 Å². The third kappa shape index (κ3) is 8.02. The van der Waals surface area contributed by atoms with Gasteiger partial charge in [-0.2, -0.15) is 0 Å². The van der Waals surface area contributed by atoms with E-state index in [9.17, 15) is 0 Å². The van der Waals surface area contributed by atoms with Crippen LogP contribution in [-0.4, -0.2) is 19.5 Å². The molecule has 0 amide bonds. The molecule has 0 aromatic heterocycles. The SMILES string of the molecule is C=CCCC/C=C/C(OCC)OCC. The summed E-state index contributed by atoms with van der Waals surface area (Å²) in [6, 6.07) is 0. The Morgan fingerprint density at radius 3 is 2.29 bits per heavy atom. The topological polar surface area (TPSA) is 18.5 Å². The van der Waals surface area contributed by atoms with Gasteiger partial charge < -0.3 is 9.47 Å². The molecule has 0 atom stereocenters. The second-order valence-corrected chi connectivity index (χ2v) is 2.93. The lowest BCUT2D eigenvalue weighted by Crippen LogP contribution is -2.13. The molecule has 0 aliphatic rings. The van der Waals surface area contributed by atoms with Gasteiger partial charge in [-0.3, -0.25) is 0 Å². The molecule has 0 radical (unpaired) electrons. The highest BCUT2D eigenvalue weighted by atomic mass is 16.7. The highest BCUT2D eigenvalue weighted by Gasteiger charge is 2.00. The minimum absolute atomic E-state index is 0.172. The summed E-state index contributed by atoms with van der Waals surface area (Å²) in [5, 5.41) is 0. The molecule has 14 heavy (non-hydrogen) atoms. The van der Waals surface area contributed by atoms with E-state index in [1.165, 1.54) is 0 Å². The van der Waals surface area contributed by atoms with Crippen LogP contribution >= 0.6 is 0 Å². The predicted octanol–water partition coefficient (Wildman–Crippen LogP) is 3.30. The van der Waals surface area contributed by atoms with Crippen molar-refractivity contribution in [2.75, 3.05) is 13.2 Å². The van der Waals surface area contributed by atoms with Gasteiger partial charge >= 0.3 is 0 Å². The highest BCUT2D eigenvalue weighted by Crippen LogP contribution is 2.01. The third-order valence-corrected chi connectivity index (χ3v) is 1.73. The molecule has 0 heterocycles. The van der Waals surface area contributed by atoms with Gasteiger partial charge in [0.2, 0.25) is 0 Å². The summed E-state index contributed by atoms with van der Waals surface area (Å²) >= 11 is 0. The molecule has 0 aliphatic heterocycles. The minimum Gasteiger partial charge on any atom is -0.349 e. The van der Waals surface area contributed by atoms with Crippen LogP contribution in [-0.2, 0) is 9.47 Å². The van der Waals surface area contributed by atoms with Gasteiger partial charge in [0.05, 0.1) is 0 Å². The van der Waals surface area contributed by atoms with Gasteiger partial charge in [0.25, 0.3) is 0 Å². The Kier molecular flexibility index (Phi) is 10.0. The average Bonchev–Trinajstić information content (AvgIpc) is 2.18. The summed E-state index contributed by atoms with van der Waals surface area (Å²) in [5.41, 5.74) is 0. The fourth-order valence-corrected chi connectivity index (χ4v) is 1.08. The summed E-state index contributed by atoms with van der Waals surface area (Å²) in [6.45, 7) is 8.98. The lowest BCUT2D eigenvalue weighted by Gasteiger charge is -2.12. The van der Waals surface area contributed by atoms with Crippen molar-refractivity contribution in [3.63, 3.8) is 0 Å². The van der Waals surface area contributed by atoms with Crippen molar-refractivity contribution in [3.8, 4) is 0 Å². The molecule has 0 aliphatic carbocycles. The number of ether oxygens (including phenoxy) is 2. The van der Waals surface area contributed by atoms with E-state index >= 15 is 0 Å². The maximum absolute atomic E-state index is 5.36. The molecule has 2 heteroatoms. The summed E-state index contributed by atoms with van der Waals surface area (Å²) in [5.74, 6) is 0. The molecule has 0 aromatic carbocycles. The second kappa shape index (κ2) is 10.5. The first-order chi connectivity index (χ1) is 6.85. The van der Waals surface area contributed by atoms with E-state index in [4.69, 9.17) is 9.47 Å². The Labute approximate surface area is 87.6 Å². The first-order valence-corrected chi connectivity index (χ1v) is 5.35. The standard InChI is InChI=1S/C12H22O2/c1-4-7-8-9-10-11-12(13-5-2)14-6-3/h4,10-12H,1,5-9H2,2-3H3/b11-10+. The van der Waals surface area contributed by atoms with Crippen molar-refractivity contribution in [1.29, 1.82) is 0 Å². The van der Waals surface area contributed by atoms with Crippen molar-refractivity contribution >= 4 is 0 Å². The summed E-state index contributed by atoms with van der Waals surface area (Å²) < 4.78 is 10.7. The number of rotatable bonds is 9. The van der Waals surface area contributed by atoms with Crippen LogP contribution in [0.1, 0.15) is 33.1 Å². The molecule has 82 valence electrons. The van der Waals surface area contributed by atoms with E-state index in [1.807, 2.05) is 26.0 Å². The molecule has 0 spiro atoms. The van der Waals surface area contributed by atoms with Crippen molar-refractivity contribution in [3.05, 3.63) is 24.8 Å². The Bertz CT molecular complexity index is 146. The Morgan fingerprint density at radius 1 is 1.14 bits per heavy atom. The van der Waals surface area contributed by atoms with E-state index in [2.05, 4.69) is 12.7 Å². The number of unbranched alkanes of at least 4 members (excludes halogenated alkanes) is 2. The second-order valence-electron chi connectivity index (χ2n) is 2.93. The zero-order valence-corrected chi connectivity index (χ0v) is 9.37.